The Kier molecular flexibility index (Phi) is 2.25. The van der Waals surface area contributed by atoms with Gasteiger partial charge in [0.25, 0.3) is 0 Å². The van der Waals surface area contributed by atoms with Gasteiger partial charge in [0.1, 0.15) is 5.82 Å². The van der Waals surface area contributed by atoms with Crippen molar-refractivity contribution < 1.29 is 4.39 Å². The van der Waals surface area contributed by atoms with Gasteiger partial charge in [0.2, 0.25) is 0 Å². The van der Waals surface area contributed by atoms with E-state index in [1.54, 1.807) is 16.9 Å². The summed E-state index contributed by atoms with van der Waals surface area (Å²) in [6.45, 7) is 1.93. The molecule has 2 nitrogen and oxygen atoms in total. The van der Waals surface area contributed by atoms with Gasteiger partial charge >= 0.3 is 0 Å². The van der Waals surface area contributed by atoms with Gasteiger partial charge in [0, 0.05) is 12.3 Å². The average Bonchev–Trinajstić information content (AvgIpc) is 2.57. The third kappa shape index (κ3) is 1.63. The summed E-state index contributed by atoms with van der Waals surface area (Å²) < 4.78 is 14.7. The van der Waals surface area contributed by atoms with Gasteiger partial charge < -0.3 is 0 Å². The lowest BCUT2D eigenvalue weighted by atomic mass is 10.3. The molecule has 1 heterocycles. The van der Waals surface area contributed by atoms with Crippen LogP contribution in [-0.4, -0.2) is 9.78 Å². The van der Waals surface area contributed by atoms with Gasteiger partial charge in [-0.05, 0) is 24.6 Å². The zero-order chi connectivity index (χ0) is 10.1. The molecule has 0 spiro atoms. The third-order valence-corrected chi connectivity index (χ3v) is 2.19. The Labute approximate surface area is 85.9 Å². The predicted molar refractivity (Wildman–Crippen MR) is 53.3 cm³/mol. The Hall–Kier alpha value is -1.35. The highest BCUT2D eigenvalue weighted by Crippen LogP contribution is 2.17. The van der Waals surface area contributed by atoms with E-state index in [1.165, 1.54) is 12.1 Å². The molecule has 2 rings (SSSR count). The van der Waals surface area contributed by atoms with Crippen LogP contribution in [0.15, 0.2) is 30.6 Å². The second-order valence-corrected chi connectivity index (χ2v) is 3.47. The maximum atomic E-state index is 13.1. The average molecular weight is 211 g/mol. The predicted octanol–water partition coefficient (Wildman–Crippen LogP) is 2.97. The molecule has 0 bridgehead atoms. The minimum Gasteiger partial charge on any atom is -0.241 e. The molecule has 14 heavy (non-hydrogen) atoms. The van der Waals surface area contributed by atoms with E-state index in [-0.39, 0.29) is 5.02 Å². The van der Waals surface area contributed by atoms with Crippen LogP contribution < -0.4 is 0 Å². The molecule has 0 radical (unpaired) electrons. The Morgan fingerprint density at radius 2 is 2.21 bits per heavy atom. The van der Waals surface area contributed by atoms with Crippen molar-refractivity contribution in [2.75, 3.05) is 0 Å². The highest BCUT2D eigenvalue weighted by atomic mass is 35.5. The standard InChI is InChI=1S/C10H8ClFN2/c1-7-5-13-14(6-7)8-2-3-9(11)10(12)4-8/h2-6H,1H3. The third-order valence-electron chi connectivity index (χ3n) is 1.88. The van der Waals surface area contributed by atoms with Crippen molar-refractivity contribution in [2.24, 2.45) is 0 Å². The summed E-state index contributed by atoms with van der Waals surface area (Å²) in [6.07, 6.45) is 3.54. The van der Waals surface area contributed by atoms with Crippen molar-refractivity contribution in [3.8, 4) is 5.69 Å². The summed E-state index contributed by atoms with van der Waals surface area (Å²) in [5.41, 5.74) is 1.69. The van der Waals surface area contributed by atoms with E-state index in [2.05, 4.69) is 5.10 Å². The molecule has 4 heteroatoms. The van der Waals surface area contributed by atoms with Crippen molar-refractivity contribution in [1.29, 1.82) is 0 Å². The first-order valence-electron chi connectivity index (χ1n) is 4.13. The number of hydrogen-bond acceptors (Lipinski definition) is 1. The lowest BCUT2D eigenvalue weighted by molar-refractivity contribution is 0.626. The lowest BCUT2D eigenvalue weighted by Gasteiger charge is -2.01. The monoisotopic (exact) mass is 210 g/mol. The number of nitrogens with zero attached hydrogens (tertiary/aromatic N) is 2. The van der Waals surface area contributed by atoms with E-state index in [0.717, 1.165) is 5.56 Å². The molecule has 72 valence electrons. The van der Waals surface area contributed by atoms with Gasteiger partial charge in [0.05, 0.1) is 16.9 Å². The second-order valence-electron chi connectivity index (χ2n) is 3.06. The molecule has 0 aliphatic heterocycles. The van der Waals surface area contributed by atoms with Crippen molar-refractivity contribution in [3.05, 3.63) is 47.0 Å². The molecule has 0 unspecified atom stereocenters. The van der Waals surface area contributed by atoms with Crippen LogP contribution in [0.25, 0.3) is 5.69 Å². The summed E-state index contributed by atoms with van der Waals surface area (Å²) in [4.78, 5) is 0. The number of hydrogen-bond donors (Lipinski definition) is 0. The van der Waals surface area contributed by atoms with Gasteiger partial charge in [0.15, 0.2) is 0 Å². The zero-order valence-corrected chi connectivity index (χ0v) is 8.29. The Bertz CT molecular complexity index is 465. The lowest BCUT2D eigenvalue weighted by Crippen LogP contribution is -1.94. The fourth-order valence-electron chi connectivity index (χ4n) is 1.18. The summed E-state index contributed by atoms with van der Waals surface area (Å²) in [7, 11) is 0. The van der Waals surface area contributed by atoms with E-state index in [1.807, 2.05) is 13.1 Å². The molecule has 0 aliphatic rings. The molecule has 2 aromatic rings. The first-order valence-corrected chi connectivity index (χ1v) is 4.51. The van der Waals surface area contributed by atoms with Crippen molar-refractivity contribution in [2.45, 2.75) is 6.92 Å². The van der Waals surface area contributed by atoms with E-state index in [4.69, 9.17) is 11.6 Å². The maximum absolute atomic E-state index is 13.1. The zero-order valence-electron chi connectivity index (χ0n) is 7.54. The van der Waals surface area contributed by atoms with Crippen molar-refractivity contribution >= 4 is 11.6 Å². The number of aryl methyl sites for hydroxylation is 1. The molecule has 0 fully saturated rings. The van der Waals surface area contributed by atoms with E-state index >= 15 is 0 Å². The minimum atomic E-state index is -0.433. The van der Waals surface area contributed by atoms with Crippen LogP contribution in [0, 0.1) is 12.7 Å². The number of aromatic nitrogens is 2. The fraction of sp³-hybridized carbons (Fsp3) is 0.100. The van der Waals surface area contributed by atoms with Crippen LogP contribution in [0.3, 0.4) is 0 Å². The van der Waals surface area contributed by atoms with Gasteiger partial charge in [-0.25, -0.2) is 9.07 Å². The fourth-order valence-corrected chi connectivity index (χ4v) is 1.30. The molecule has 1 aromatic heterocycles. The van der Waals surface area contributed by atoms with Crippen LogP contribution in [0.2, 0.25) is 5.02 Å². The maximum Gasteiger partial charge on any atom is 0.143 e. The quantitative estimate of drug-likeness (QED) is 0.708. The molecule has 0 saturated heterocycles. The van der Waals surface area contributed by atoms with E-state index in [0.29, 0.717) is 5.69 Å². The van der Waals surface area contributed by atoms with E-state index in [9.17, 15) is 4.39 Å². The van der Waals surface area contributed by atoms with Crippen LogP contribution in [0.1, 0.15) is 5.56 Å². The summed E-state index contributed by atoms with van der Waals surface area (Å²) in [5, 5.41) is 4.19. The summed E-state index contributed by atoms with van der Waals surface area (Å²) >= 11 is 5.57. The van der Waals surface area contributed by atoms with E-state index < -0.39 is 5.82 Å². The van der Waals surface area contributed by atoms with Gasteiger partial charge in [-0.15, -0.1) is 0 Å². The highest BCUT2D eigenvalue weighted by molar-refractivity contribution is 6.30. The summed E-state index contributed by atoms with van der Waals surface area (Å²) in [5.74, 6) is -0.433. The SMILES string of the molecule is Cc1cnn(-c2ccc(Cl)c(F)c2)c1. The first-order chi connectivity index (χ1) is 6.66. The molecule has 0 atom stereocenters. The smallest absolute Gasteiger partial charge is 0.143 e. The van der Waals surface area contributed by atoms with Crippen LogP contribution in [0.4, 0.5) is 4.39 Å². The molecule has 0 amide bonds. The number of halogens is 2. The minimum absolute atomic E-state index is 0.123. The highest BCUT2D eigenvalue weighted by Gasteiger charge is 2.03. The van der Waals surface area contributed by atoms with Gasteiger partial charge in [-0.1, -0.05) is 11.6 Å². The van der Waals surface area contributed by atoms with Crippen LogP contribution >= 0.6 is 11.6 Å². The number of benzene rings is 1. The Balaban J connectivity index is 2.47. The molecule has 1 aromatic carbocycles. The molecular weight excluding hydrogens is 203 g/mol. The molecule has 0 N–H and O–H groups in total. The first kappa shape index (κ1) is 9.21. The Morgan fingerprint density at radius 1 is 1.43 bits per heavy atom. The van der Waals surface area contributed by atoms with Gasteiger partial charge in [-0.3, -0.25) is 0 Å². The van der Waals surface area contributed by atoms with Crippen LogP contribution in [0.5, 0.6) is 0 Å². The number of rotatable bonds is 1. The van der Waals surface area contributed by atoms with Crippen LogP contribution in [-0.2, 0) is 0 Å². The van der Waals surface area contributed by atoms with Gasteiger partial charge in [-0.2, -0.15) is 5.10 Å². The molecular formula is C10H8ClFN2. The Morgan fingerprint density at radius 3 is 2.79 bits per heavy atom. The molecule has 0 saturated carbocycles. The largest absolute Gasteiger partial charge is 0.241 e. The van der Waals surface area contributed by atoms with Crippen molar-refractivity contribution in [3.63, 3.8) is 0 Å². The normalized spacial score (nSPS) is 10.5. The van der Waals surface area contributed by atoms with Crippen molar-refractivity contribution in [1.82, 2.24) is 9.78 Å². The molecule has 0 aliphatic carbocycles. The summed E-state index contributed by atoms with van der Waals surface area (Å²) in [6, 6.07) is 4.59. The topological polar surface area (TPSA) is 17.8 Å². The second kappa shape index (κ2) is 3.42.